The number of amides is 1. The van der Waals surface area contributed by atoms with E-state index in [1.165, 1.54) is 16.5 Å². The van der Waals surface area contributed by atoms with Gasteiger partial charge in [0.15, 0.2) is 6.61 Å². The fourth-order valence-corrected chi connectivity index (χ4v) is 4.42. The average Bonchev–Trinajstić information content (AvgIpc) is 3.13. The van der Waals surface area contributed by atoms with Crippen LogP contribution in [0.5, 0.6) is 5.75 Å². The summed E-state index contributed by atoms with van der Waals surface area (Å²) in [5.74, 6) is 0.491. The van der Waals surface area contributed by atoms with Gasteiger partial charge in [-0.05, 0) is 48.1 Å². The second-order valence-corrected chi connectivity index (χ2v) is 7.30. The predicted molar refractivity (Wildman–Crippen MR) is 101 cm³/mol. The summed E-state index contributed by atoms with van der Waals surface area (Å²) in [5.41, 5.74) is 1.32. The molecule has 134 valence electrons. The first-order valence-electron chi connectivity index (χ1n) is 8.68. The molecule has 0 spiro atoms. The van der Waals surface area contributed by atoms with Gasteiger partial charge in [-0.25, -0.2) is 4.79 Å². The standard InChI is InChI=1S/C20H19NO4S/c1-2-16-15-8-10-26-18(15)7-9-21(16)19(22)12-24-14-5-3-13-4-6-20(23)25-17(13)11-14/h3-6,8,10-11,16H,2,7,9,12H2,1H3. The van der Waals surface area contributed by atoms with Crippen LogP contribution in [0.2, 0.25) is 0 Å². The van der Waals surface area contributed by atoms with Gasteiger partial charge in [0.1, 0.15) is 11.3 Å². The Bertz CT molecular complexity index is 1010. The van der Waals surface area contributed by atoms with Crippen molar-refractivity contribution in [2.75, 3.05) is 13.2 Å². The molecule has 3 heterocycles. The molecule has 1 atom stereocenters. The fraction of sp³-hybridized carbons (Fsp3) is 0.300. The quantitative estimate of drug-likeness (QED) is 0.657. The largest absolute Gasteiger partial charge is 0.484 e. The molecule has 1 unspecified atom stereocenters. The monoisotopic (exact) mass is 369 g/mol. The van der Waals surface area contributed by atoms with Gasteiger partial charge in [-0.3, -0.25) is 4.79 Å². The molecule has 0 saturated heterocycles. The lowest BCUT2D eigenvalue weighted by molar-refractivity contribution is -0.136. The maximum absolute atomic E-state index is 12.7. The summed E-state index contributed by atoms with van der Waals surface area (Å²) in [6, 6.07) is 10.6. The smallest absolute Gasteiger partial charge is 0.336 e. The van der Waals surface area contributed by atoms with Crippen LogP contribution in [-0.2, 0) is 11.2 Å². The van der Waals surface area contributed by atoms with E-state index in [1.807, 2.05) is 11.0 Å². The first-order valence-corrected chi connectivity index (χ1v) is 9.56. The molecule has 6 heteroatoms. The van der Waals surface area contributed by atoms with Gasteiger partial charge in [0.25, 0.3) is 5.91 Å². The maximum Gasteiger partial charge on any atom is 0.336 e. The van der Waals surface area contributed by atoms with Crippen molar-refractivity contribution in [3.05, 3.63) is 62.6 Å². The number of thiophene rings is 1. The molecular formula is C20H19NO4S. The maximum atomic E-state index is 12.7. The number of rotatable bonds is 4. The van der Waals surface area contributed by atoms with Crippen LogP contribution < -0.4 is 10.4 Å². The third kappa shape index (κ3) is 3.12. The van der Waals surface area contributed by atoms with Crippen LogP contribution in [0, 0.1) is 0 Å². The van der Waals surface area contributed by atoms with Crippen molar-refractivity contribution in [3.63, 3.8) is 0 Å². The molecule has 1 aromatic carbocycles. The summed E-state index contributed by atoms with van der Waals surface area (Å²) in [6.07, 6.45) is 1.78. The molecule has 0 radical (unpaired) electrons. The summed E-state index contributed by atoms with van der Waals surface area (Å²) in [7, 11) is 0. The van der Waals surface area contributed by atoms with Crippen molar-refractivity contribution < 1.29 is 13.9 Å². The minimum absolute atomic E-state index is 0.0247. The van der Waals surface area contributed by atoms with Gasteiger partial charge in [0.2, 0.25) is 0 Å². The van der Waals surface area contributed by atoms with Gasteiger partial charge in [-0.1, -0.05) is 6.92 Å². The molecule has 0 fully saturated rings. The van der Waals surface area contributed by atoms with Crippen molar-refractivity contribution >= 4 is 28.2 Å². The Hall–Kier alpha value is -2.60. The van der Waals surface area contributed by atoms with E-state index in [0.717, 1.165) is 24.8 Å². The summed E-state index contributed by atoms with van der Waals surface area (Å²) < 4.78 is 10.8. The fourth-order valence-electron chi connectivity index (χ4n) is 3.49. The van der Waals surface area contributed by atoms with Gasteiger partial charge in [-0.2, -0.15) is 0 Å². The highest BCUT2D eigenvalue weighted by Crippen LogP contribution is 2.35. The molecule has 0 aliphatic carbocycles. The molecule has 3 aromatic rings. The summed E-state index contributed by atoms with van der Waals surface area (Å²) in [4.78, 5) is 27.4. The number of fused-ring (bicyclic) bond motifs is 2. The first kappa shape index (κ1) is 16.8. The number of ether oxygens (including phenoxy) is 1. The number of hydrogen-bond donors (Lipinski definition) is 0. The van der Waals surface area contributed by atoms with E-state index in [0.29, 0.717) is 11.3 Å². The lowest BCUT2D eigenvalue weighted by Crippen LogP contribution is -2.41. The Morgan fingerprint density at radius 3 is 3.00 bits per heavy atom. The predicted octanol–water partition coefficient (Wildman–Crippen LogP) is 3.77. The summed E-state index contributed by atoms with van der Waals surface area (Å²) in [6.45, 7) is 2.79. The molecule has 2 aromatic heterocycles. The second-order valence-electron chi connectivity index (χ2n) is 6.30. The lowest BCUT2D eigenvalue weighted by atomic mass is 9.98. The first-order chi connectivity index (χ1) is 12.7. The third-order valence-corrected chi connectivity index (χ3v) is 5.76. The molecule has 0 saturated carbocycles. The van der Waals surface area contributed by atoms with Crippen LogP contribution >= 0.6 is 11.3 Å². The highest BCUT2D eigenvalue weighted by molar-refractivity contribution is 7.10. The Morgan fingerprint density at radius 1 is 1.31 bits per heavy atom. The number of nitrogens with zero attached hydrogens (tertiary/aromatic N) is 1. The molecule has 1 aliphatic heterocycles. The van der Waals surface area contributed by atoms with Crippen LogP contribution in [0.15, 0.2) is 51.0 Å². The zero-order valence-electron chi connectivity index (χ0n) is 14.4. The average molecular weight is 369 g/mol. The molecule has 1 aliphatic rings. The Balaban J connectivity index is 1.48. The number of carbonyl (C=O) groups is 1. The van der Waals surface area contributed by atoms with E-state index in [4.69, 9.17) is 9.15 Å². The van der Waals surface area contributed by atoms with Crippen molar-refractivity contribution in [1.29, 1.82) is 0 Å². The lowest BCUT2D eigenvalue weighted by Gasteiger charge is -2.35. The number of carbonyl (C=O) groups excluding carboxylic acids is 1. The third-order valence-electron chi connectivity index (χ3n) is 4.76. The molecule has 0 bridgehead atoms. The van der Waals surface area contributed by atoms with Gasteiger partial charge >= 0.3 is 5.63 Å². The minimum atomic E-state index is -0.406. The topological polar surface area (TPSA) is 59.8 Å². The Kier molecular flexibility index (Phi) is 4.51. The van der Waals surface area contributed by atoms with E-state index in [-0.39, 0.29) is 18.6 Å². The van der Waals surface area contributed by atoms with Crippen LogP contribution in [0.4, 0.5) is 0 Å². The molecule has 1 amide bonds. The Morgan fingerprint density at radius 2 is 2.15 bits per heavy atom. The Labute approximate surface area is 154 Å². The van der Waals surface area contributed by atoms with E-state index in [2.05, 4.69) is 18.4 Å². The van der Waals surface area contributed by atoms with Crippen LogP contribution in [0.3, 0.4) is 0 Å². The zero-order chi connectivity index (χ0) is 18.1. The number of hydrogen-bond acceptors (Lipinski definition) is 5. The molecule has 4 rings (SSSR count). The summed E-state index contributed by atoms with van der Waals surface area (Å²) in [5, 5.41) is 2.91. The molecule has 5 nitrogen and oxygen atoms in total. The SMILES string of the molecule is CCC1c2ccsc2CCN1C(=O)COc1ccc2ccc(=O)oc2c1. The van der Waals surface area contributed by atoms with E-state index >= 15 is 0 Å². The van der Waals surface area contributed by atoms with Crippen LogP contribution in [0.25, 0.3) is 11.0 Å². The zero-order valence-corrected chi connectivity index (χ0v) is 15.3. The van der Waals surface area contributed by atoms with Crippen molar-refractivity contribution in [1.82, 2.24) is 4.90 Å². The summed E-state index contributed by atoms with van der Waals surface area (Å²) >= 11 is 1.77. The normalized spacial score (nSPS) is 16.5. The van der Waals surface area contributed by atoms with Crippen LogP contribution in [-0.4, -0.2) is 24.0 Å². The van der Waals surface area contributed by atoms with Gasteiger partial charge < -0.3 is 14.1 Å². The molecule has 26 heavy (non-hydrogen) atoms. The molecule has 0 N–H and O–H groups in total. The van der Waals surface area contributed by atoms with Crippen molar-refractivity contribution in [2.24, 2.45) is 0 Å². The molecular weight excluding hydrogens is 350 g/mol. The van der Waals surface area contributed by atoms with Crippen LogP contribution in [0.1, 0.15) is 29.8 Å². The highest BCUT2D eigenvalue weighted by Gasteiger charge is 2.30. The minimum Gasteiger partial charge on any atom is -0.484 e. The highest BCUT2D eigenvalue weighted by atomic mass is 32.1. The number of benzene rings is 1. The van der Waals surface area contributed by atoms with Crippen molar-refractivity contribution in [2.45, 2.75) is 25.8 Å². The van der Waals surface area contributed by atoms with E-state index < -0.39 is 5.63 Å². The van der Waals surface area contributed by atoms with Gasteiger partial charge in [0, 0.05) is 28.9 Å². The van der Waals surface area contributed by atoms with Crippen molar-refractivity contribution in [3.8, 4) is 5.75 Å². The van der Waals surface area contributed by atoms with E-state index in [9.17, 15) is 9.59 Å². The van der Waals surface area contributed by atoms with Gasteiger partial charge in [0.05, 0.1) is 6.04 Å². The second kappa shape index (κ2) is 6.96. The van der Waals surface area contributed by atoms with Gasteiger partial charge in [-0.15, -0.1) is 11.3 Å². The van der Waals surface area contributed by atoms with E-state index in [1.54, 1.807) is 29.5 Å².